The third-order valence-corrected chi connectivity index (χ3v) is 4.91. The standard InChI is InChI=1S/C18H13NO2S/c1-19-17(11-14(20)15-7-4-10-21-15)22-16-9-8-12-5-2-3-6-13(12)18(16)19/h2-11H,1H3/b17-11+. The molecular formula is C18H13NO2S. The number of fused-ring (bicyclic) bond motifs is 3. The molecule has 4 heteroatoms. The van der Waals surface area contributed by atoms with E-state index in [9.17, 15) is 4.79 Å². The Kier molecular flexibility index (Phi) is 3.05. The SMILES string of the molecule is CN1/C(=C\C(=O)c2ccco2)Sc2ccc3ccccc3c21. The summed E-state index contributed by atoms with van der Waals surface area (Å²) in [5.41, 5.74) is 1.15. The van der Waals surface area contributed by atoms with Gasteiger partial charge in [0.25, 0.3) is 0 Å². The molecule has 2 aromatic carbocycles. The Labute approximate surface area is 132 Å². The maximum absolute atomic E-state index is 12.2. The molecule has 1 aliphatic rings. The number of thioether (sulfide) groups is 1. The van der Waals surface area contributed by atoms with Gasteiger partial charge in [-0.3, -0.25) is 4.79 Å². The number of furan rings is 1. The molecule has 0 fully saturated rings. The molecule has 0 atom stereocenters. The van der Waals surface area contributed by atoms with Gasteiger partial charge in [-0.15, -0.1) is 0 Å². The van der Waals surface area contributed by atoms with Gasteiger partial charge in [0.05, 0.1) is 17.0 Å². The zero-order chi connectivity index (χ0) is 15.1. The Bertz CT molecular complexity index is 897. The lowest BCUT2D eigenvalue weighted by atomic mass is 10.1. The van der Waals surface area contributed by atoms with Crippen LogP contribution in [0.1, 0.15) is 10.6 Å². The van der Waals surface area contributed by atoms with Crippen LogP contribution in [-0.4, -0.2) is 12.8 Å². The average Bonchev–Trinajstić information content (AvgIpc) is 3.17. The van der Waals surface area contributed by atoms with Crippen LogP contribution in [0.4, 0.5) is 5.69 Å². The second kappa shape index (κ2) is 5.07. The number of nitrogens with zero attached hydrogens (tertiary/aromatic N) is 1. The summed E-state index contributed by atoms with van der Waals surface area (Å²) in [5.74, 6) is 0.249. The predicted molar refractivity (Wildman–Crippen MR) is 89.3 cm³/mol. The summed E-state index contributed by atoms with van der Waals surface area (Å²) < 4.78 is 5.17. The number of hydrogen-bond donors (Lipinski definition) is 0. The second-order valence-electron chi connectivity index (χ2n) is 5.12. The van der Waals surface area contributed by atoms with Crippen molar-refractivity contribution < 1.29 is 9.21 Å². The van der Waals surface area contributed by atoms with Crippen molar-refractivity contribution in [2.45, 2.75) is 4.90 Å². The first-order valence-electron chi connectivity index (χ1n) is 6.97. The third-order valence-electron chi connectivity index (χ3n) is 3.76. The highest BCUT2D eigenvalue weighted by Crippen LogP contribution is 2.48. The maximum atomic E-state index is 12.2. The van der Waals surface area contributed by atoms with E-state index in [0.29, 0.717) is 5.76 Å². The number of allylic oxidation sites excluding steroid dienone is 1. The van der Waals surface area contributed by atoms with Crippen molar-refractivity contribution in [3.8, 4) is 0 Å². The van der Waals surface area contributed by atoms with Crippen LogP contribution in [0.3, 0.4) is 0 Å². The molecule has 0 saturated heterocycles. The van der Waals surface area contributed by atoms with Crippen LogP contribution in [-0.2, 0) is 0 Å². The van der Waals surface area contributed by atoms with Crippen molar-refractivity contribution in [3.05, 3.63) is 71.7 Å². The number of ketones is 1. The molecule has 1 aromatic heterocycles. The van der Waals surface area contributed by atoms with E-state index in [2.05, 4.69) is 29.2 Å². The Morgan fingerprint density at radius 1 is 1.14 bits per heavy atom. The highest BCUT2D eigenvalue weighted by molar-refractivity contribution is 8.03. The molecule has 0 unspecified atom stereocenters. The van der Waals surface area contributed by atoms with Gasteiger partial charge in [-0.2, -0.15) is 0 Å². The van der Waals surface area contributed by atoms with Crippen molar-refractivity contribution in [3.63, 3.8) is 0 Å². The fourth-order valence-corrected chi connectivity index (χ4v) is 3.78. The normalized spacial score (nSPS) is 15.5. The highest BCUT2D eigenvalue weighted by Gasteiger charge is 2.25. The number of benzene rings is 2. The minimum Gasteiger partial charge on any atom is -0.461 e. The molecule has 0 bridgehead atoms. The van der Waals surface area contributed by atoms with Gasteiger partial charge < -0.3 is 9.32 Å². The van der Waals surface area contributed by atoms with E-state index < -0.39 is 0 Å². The zero-order valence-corrected chi connectivity index (χ0v) is 12.8. The number of carbonyl (C=O) groups is 1. The molecule has 0 saturated carbocycles. The van der Waals surface area contributed by atoms with Gasteiger partial charge in [-0.25, -0.2) is 0 Å². The van der Waals surface area contributed by atoms with Gasteiger partial charge in [0.15, 0.2) is 5.76 Å². The topological polar surface area (TPSA) is 33.5 Å². The first kappa shape index (κ1) is 13.2. The van der Waals surface area contributed by atoms with Crippen molar-refractivity contribution in [1.29, 1.82) is 0 Å². The van der Waals surface area contributed by atoms with Crippen LogP contribution in [0.5, 0.6) is 0 Å². The van der Waals surface area contributed by atoms with Crippen molar-refractivity contribution in [2.75, 3.05) is 11.9 Å². The summed E-state index contributed by atoms with van der Waals surface area (Å²) in [6.07, 6.45) is 3.15. The van der Waals surface area contributed by atoms with Gasteiger partial charge in [0.1, 0.15) is 0 Å². The summed E-state index contributed by atoms with van der Waals surface area (Å²) in [5, 5.41) is 3.31. The molecule has 0 spiro atoms. The molecule has 0 N–H and O–H groups in total. The Morgan fingerprint density at radius 2 is 2.00 bits per heavy atom. The minimum absolute atomic E-state index is 0.114. The summed E-state index contributed by atoms with van der Waals surface area (Å²) in [4.78, 5) is 15.5. The fraction of sp³-hybridized carbons (Fsp3) is 0.0556. The van der Waals surface area contributed by atoms with Crippen LogP contribution in [0.15, 0.2) is 75.2 Å². The van der Waals surface area contributed by atoms with Gasteiger partial charge in [-0.05, 0) is 23.6 Å². The van der Waals surface area contributed by atoms with Gasteiger partial charge >= 0.3 is 0 Å². The fourth-order valence-electron chi connectivity index (χ4n) is 2.68. The summed E-state index contributed by atoms with van der Waals surface area (Å²) >= 11 is 1.61. The van der Waals surface area contributed by atoms with E-state index in [0.717, 1.165) is 10.7 Å². The molecular weight excluding hydrogens is 294 g/mol. The van der Waals surface area contributed by atoms with E-state index in [1.165, 1.54) is 21.9 Å². The van der Waals surface area contributed by atoms with Crippen LogP contribution in [0, 0.1) is 0 Å². The number of hydrogen-bond acceptors (Lipinski definition) is 4. The minimum atomic E-state index is -0.114. The highest BCUT2D eigenvalue weighted by atomic mass is 32.2. The number of rotatable bonds is 2. The molecule has 1 aliphatic heterocycles. The summed E-state index contributed by atoms with van der Waals surface area (Å²) in [7, 11) is 1.99. The van der Waals surface area contributed by atoms with Gasteiger partial charge in [0, 0.05) is 23.4 Å². The average molecular weight is 307 g/mol. The molecule has 2 heterocycles. The molecule has 3 nitrogen and oxygen atoms in total. The Morgan fingerprint density at radius 3 is 2.82 bits per heavy atom. The van der Waals surface area contributed by atoms with Gasteiger partial charge in [0.2, 0.25) is 5.78 Å². The van der Waals surface area contributed by atoms with E-state index in [4.69, 9.17) is 4.42 Å². The quantitative estimate of drug-likeness (QED) is 0.507. The first-order valence-corrected chi connectivity index (χ1v) is 7.78. The van der Waals surface area contributed by atoms with Crippen molar-refractivity contribution in [2.24, 2.45) is 0 Å². The Balaban J connectivity index is 1.77. The molecule has 0 aliphatic carbocycles. The van der Waals surface area contributed by atoms with Gasteiger partial charge in [-0.1, -0.05) is 42.1 Å². The molecule has 22 heavy (non-hydrogen) atoms. The number of anilines is 1. The predicted octanol–water partition coefficient (Wildman–Crippen LogP) is 4.70. The largest absolute Gasteiger partial charge is 0.461 e. The van der Waals surface area contributed by atoms with Crippen LogP contribution < -0.4 is 4.90 Å². The second-order valence-corrected chi connectivity index (χ2v) is 6.18. The first-order chi connectivity index (χ1) is 10.7. The smallest absolute Gasteiger partial charge is 0.223 e. The lowest BCUT2D eigenvalue weighted by Crippen LogP contribution is -2.11. The molecule has 3 aromatic rings. The molecule has 108 valence electrons. The summed E-state index contributed by atoms with van der Waals surface area (Å²) in [6, 6.07) is 15.9. The van der Waals surface area contributed by atoms with E-state index >= 15 is 0 Å². The lowest BCUT2D eigenvalue weighted by Gasteiger charge is -2.15. The third kappa shape index (κ3) is 2.04. The summed E-state index contributed by atoms with van der Waals surface area (Å²) in [6.45, 7) is 0. The van der Waals surface area contributed by atoms with Crippen LogP contribution in [0.25, 0.3) is 10.8 Å². The van der Waals surface area contributed by atoms with Crippen LogP contribution in [0.2, 0.25) is 0 Å². The van der Waals surface area contributed by atoms with E-state index in [1.54, 1.807) is 30.0 Å². The molecule has 0 amide bonds. The van der Waals surface area contributed by atoms with Crippen molar-refractivity contribution >= 4 is 34.0 Å². The maximum Gasteiger partial charge on any atom is 0.223 e. The Hall–Kier alpha value is -2.46. The van der Waals surface area contributed by atoms with E-state index in [1.807, 2.05) is 19.2 Å². The van der Waals surface area contributed by atoms with Crippen LogP contribution >= 0.6 is 11.8 Å². The van der Waals surface area contributed by atoms with Crippen molar-refractivity contribution in [1.82, 2.24) is 0 Å². The monoisotopic (exact) mass is 307 g/mol. The molecule has 0 radical (unpaired) electrons. The molecule has 4 rings (SSSR count). The number of carbonyl (C=O) groups excluding carboxylic acids is 1. The lowest BCUT2D eigenvalue weighted by molar-refractivity contribution is 0.102. The van der Waals surface area contributed by atoms with E-state index in [-0.39, 0.29) is 5.78 Å². The zero-order valence-electron chi connectivity index (χ0n) is 11.9.